The lowest BCUT2D eigenvalue weighted by Crippen LogP contribution is -2.57. The first kappa shape index (κ1) is 27.0. The SMILES string of the molecule is C/C(=C\CC=NCC(C)C)c1n[nH]c2cc3c(cc12)CN([C@H]1CN(Cc2ccccc2)CC(F)(F)C1)C(=O)N3. The van der Waals surface area contributed by atoms with Gasteiger partial charge in [0, 0.05) is 56.3 Å². The molecule has 7 nitrogen and oxygen atoms in total. The summed E-state index contributed by atoms with van der Waals surface area (Å²) in [5.74, 6) is -2.35. The number of hydrogen-bond donors (Lipinski definition) is 2. The number of piperidine rings is 1. The number of halogens is 2. The molecular weight excluding hydrogens is 498 g/mol. The fraction of sp³-hybridized carbons (Fsp3) is 0.433. The number of nitrogens with zero attached hydrogens (tertiary/aromatic N) is 4. The van der Waals surface area contributed by atoms with Gasteiger partial charge in [0.05, 0.1) is 23.8 Å². The molecule has 1 aromatic heterocycles. The Balaban J connectivity index is 1.35. The van der Waals surface area contributed by atoms with Crippen LogP contribution >= 0.6 is 0 Å². The fourth-order valence-electron chi connectivity index (χ4n) is 5.41. The lowest BCUT2D eigenvalue weighted by atomic mass is 9.97. The van der Waals surface area contributed by atoms with Crippen molar-refractivity contribution in [1.29, 1.82) is 0 Å². The molecule has 0 radical (unpaired) electrons. The maximum atomic E-state index is 14.9. The zero-order valence-corrected chi connectivity index (χ0v) is 22.8. The number of nitrogens with one attached hydrogen (secondary N) is 2. The van der Waals surface area contributed by atoms with E-state index in [-0.39, 0.29) is 25.5 Å². The van der Waals surface area contributed by atoms with Gasteiger partial charge in [-0.25, -0.2) is 13.6 Å². The van der Waals surface area contributed by atoms with Crippen LogP contribution < -0.4 is 5.32 Å². The summed E-state index contributed by atoms with van der Waals surface area (Å²) < 4.78 is 29.7. The minimum absolute atomic E-state index is 0.270. The van der Waals surface area contributed by atoms with Crippen LogP contribution in [0, 0.1) is 5.92 Å². The van der Waals surface area contributed by atoms with Gasteiger partial charge in [-0.05, 0) is 41.7 Å². The quantitative estimate of drug-likeness (QED) is 0.331. The normalized spacial score (nSPS) is 20.2. The molecule has 2 aliphatic heterocycles. The van der Waals surface area contributed by atoms with Gasteiger partial charge in [0.25, 0.3) is 5.92 Å². The molecule has 0 bridgehead atoms. The van der Waals surface area contributed by atoms with E-state index in [0.29, 0.717) is 24.7 Å². The molecule has 9 heteroatoms. The van der Waals surface area contributed by atoms with Crippen LogP contribution in [0.3, 0.4) is 0 Å². The molecule has 0 unspecified atom stereocenters. The summed E-state index contributed by atoms with van der Waals surface area (Å²) >= 11 is 0. The van der Waals surface area contributed by atoms with E-state index in [2.05, 4.69) is 40.4 Å². The Bertz CT molecular complexity index is 1380. The third-order valence-corrected chi connectivity index (χ3v) is 7.28. The Hall–Kier alpha value is -3.59. The molecule has 0 saturated carbocycles. The van der Waals surface area contributed by atoms with Gasteiger partial charge < -0.3 is 10.2 Å². The van der Waals surface area contributed by atoms with Crippen LogP contribution in [0.5, 0.6) is 0 Å². The molecule has 0 spiro atoms. The Morgan fingerprint density at radius 1 is 1.26 bits per heavy atom. The molecule has 2 amide bonds. The number of carbonyl (C=O) groups is 1. The minimum Gasteiger partial charge on any atom is -0.316 e. The third kappa shape index (κ3) is 6.36. The van der Waals surface area contributed by atoms with E-state index in [9.17, 15) is 13.6 Å². The standard InChI is InChI=1S/C30H36F2N6O/c1-20(2)15-33-11-7-8-21(3)28-25-12-23-17-38(29(39)34-26(23)13-27(25)35-36-28)24-14-30(31,32)19-37(18-24)16-22-9-5-4-6-10-22/h4-6,8-13,20,24H,7,14-19H2,1-3H3,(H,34,39)(H,35,36)/b21-8+,33-11?/t24-/m1/s1. The second-order valence-electron chi connectivity index (χ2n) is 11.1. The number of aromatic nitrogens is 2. The molecule has 2 N–H and O–H groups in total. The molecule has 0 aliphatic carbocycles. The number of aliphatic imine (C=N–C) groups is 1. The van der Waals surface area contributed by atoms with E-state index in [4.69, 9.17) is 0 Å². The summed E-state index contributed by atoms with van der Waals surface area (Å²) in [7, 11) is 0. The first-order chi connectivity index (χ1) is 18.7. The molecule has 1 fully saturated rings. The summed E-state index contributed by atoms with van der Waals surface area (Å²) in [5, 5.41) is 11.5. The second kappa shape index (κ2) is 11.3. The van der Waals surface area contributed by atoms with Gasteiger partial charge >= 0.3 is 6.03 Å². The number of H-pyrrole nitrogens is 1. The molecule has 2 aliphatic rings. The van der Waals surface area contributed by atoms with Crippen molar-refractivity contribution in [2.75, 3.05) is 25.0 Å². The fourth-order valence-corrected chi connectivity index (χ4v) is 5.41. The van der Waals surface area contributed by atoms with Crippen molar-refractivity contribution in [2.45, 2.75) is 58.7 Å². The Morgan fingerprint density at radius 3 is 2.82 bits per heavy atom. The van der Waals surface area contributed by atoms with Crippen LogP contribution in [0.2, 0.25) is 0 Å². The monoisotopic (exact) mass is 534 g/mol. The van der Waals surface area contributed by atoms with Crippen molar-refractivity contribution >= 4 is 34.4 Å². The van der Waals surface area contributed by atoms with Crippen LogP contribution in [0.15, 0.2) is 53.5 Å². The number of alkyl halides is 2. The second-order valence-corrected chi connectivity index (χ2v) is 11.1. The van der Waals surface area contributed by atoms with E-state index in [0.717, 1.165) is 46.3 Å². The van der Waals surface area contributed by atoms with Crippen molar-refractivity contribution in [3.05, 3.63) is 65.4 Å². The number of hydrogen-bond acceptors (Lipinski definition) is 4. The van der Waals surface area contributed by atoms with Crippen molar-refractivity contribution in [3.63, 3.8) is 0 Å². The molecule has 3 heterocycles. The number of likely N-dealkylation sites (tertiary alicyclic amines) is 1. The molecular formula is C30H36F2N6O. The van der Waals surface area contributed by atoms with E-state index in [1.165, 1.54) is 0 Å². The Morgan fingerprint density at radius 2 is 2.05 bits per heavy atom. The molecule has 5 rings (SSSR count). The average molecular weight is 535 g/mol. The predicted molar refractivity (Wildman–Crippen MR) is 152 cm³/mol. The first-order valence-corrected chi connectivity index (χ1v) is 13.6. The van der Waals surface area contributed by atoms with Gasteiger partial charge in [-0.1, -0.05) is 50.3 Å². The summed E-state index contributed by atoms with van der Waals surface area (Å²) in [6.07, 6.45) is 4.39. The molecule has 1 saturated heterocycles. The predicted octanol–water partition coefficient (Wildman–Crippen LogP) is 6.34. The summed E-state index contributed by atoms with van der Waals surface area (Å²) in [6, 6.07) is 12.6. The van der Waals surface area contributed by atoms with E-state index < -0.39 is 12.0 Å². The first-order valence-electron chi connectivity index (χ1n) is 13.6. The lowest BCUT2D eigenvalue weighted by Gasteiger charge is -2.44. The third-order valence-electron chi connectivity index (χ3n) is 7.28. The van der Waals surface area contributed by atoms with Gasteiger partial charge in [0.1, 0.15) is 0 Å². The maximum absolute atomic E-state index is 14.9. The highest BCUT2D eigenvalue weighted by atomic mass is 19.3. The topological polar surface area (TPSA) is 76.6 Å². The molecule has 39 heavy (non-hydrogen) atoms. The minimum atomic E-state index is -2.87. The van der Waals surface area contributed by atoms with E-state index >= 15 is 0 Å². The number of urea groups is 1. The Labute approximate surface area is 228 Å². The number of benzene rings is 2. The van der Waals surface area contributed by atoms with Crippen LogP contribution in [-0.4, -0.2) is 63.8 Å². The number of rotatable bonds is 8. The highest BCUT2D eigenvalue weighted by Gasteiger charge is 2.44. The zero-order chi connectivity index (χ0) is 27.6. The van der Waals surface area contributed by atoms with Crippen molar-refractivity contribution in [3.8, 4) is 0 Å². The van der Waals surface area contributed by atoms with Crippen LogP contribution in [0.4, 0.5) is 19.3 Å². The molecule has 206 valence electrons. The molecule has 1 atom stereocenters. The largest absolute Gasteiger partial charge is 0.322 e. The van der Waals surface area contributed by atoms with Crippen LogP contribution in [0.1, 0.15) is 50.4 Å². The van der Waals surface area contributed by atoms with E-state index in [1.54, 1.807) is 9.80 Å². The average Bonchev–Trinajstić information content (AvgIpc) is 3.29. The van der Waals surface area contributed by atoms with Crippen molar-refractivity contribution < 1.29 is 13.6 Å². The highest BCUT2D eigenvalue weighted by Crippen LogP contribution is 2.36. The number of allylic oxidation sites excluding steroid dienone is 2. The number of amides is 2. The smallest absolute Gasteiger partial charge is 0.316 e. The molecule has 3 aromatic rings. The number of anilines is 1. The molecule has 2 aromatic carbocycles. The number of carbonyl (C=O) groups excluding carboxylic acids is 1. The van der Waals surface area contributed by atoms with Crippen molar-refractivity contribution in [1.82, 2.24) is 20.0 Å². The summed E-state index contributed by atoms with van der Waals surface area (Å²) in [4.78, 5) is 20.9. The van der Waals surface area contributed by atoms with Gasteiger partial charge in [-0.2, -0.15) is 5.10 Å². The maximum Gasteiger partial charge on any atom is 0.322 e. The Kier molecular flexibility index (Phi) is 7.79. The van der Waals surface area contributed by atoms with Crippen molar-refractivity contribution in [2.24, 2.45) is 10.9 Å². The number of aromatic amines is 1. The van der Waals surface area contributed by atoms with Gasteiger partial charge in [0.2, 0.25) is 0 Å². The zero-order valence-electron chi connectivity index (χ0n) is 22.8. The van der Waals surface area contributed by atoms with Gasteiger partial charge in [-0.15, -0.1) is 0 Å². The van der Waals surface area contributed by atoms with Crippen LogP contribution in [0.25, 0.3) is 16.5 Å². The summed E-state index contributed by atoms with van der Waals surface area (Å²) in [5.41, 5.74) is 5.23. The van der Waals surface area contributed by atoms with E-state index in [1.807, 2.05) is 55.6 Å². The lowest BCUT2D eigenvalue weighted by molar-refractivity contribution is -0.0910. The number of fused-ring (bicyclic) bond motifs is 2. The summed E-state index contributed by atoms with van der Waals surface area (Å²) in [6.45, 7) is 7.88. The highest BCUT2D eigenvalue weighted by molar-refractivity contribution is 5.98. The van der Waals surface area contributed by atoms with Crippen LogP contribution in [-0.2, 0) is 13.1 Å². The van der Waals surface area contributed by atoms with Gasteiger partial charge in [0.15, 0.2) is 0 Å². The van der Waals surface area contributed by atoms with Gasteiger partial charge in [-0.3, -0.25) is 15.0 Å².